The second kappa shape index (κ2) is 4.00. The van der Waals surface area contributed by atoms with Gasteiger partial charge < -0.3 is 10.5 Å². The van der Waals surface area contributed by atoms with E-state index in [0.717, 1.165) is 25.6 Å². The summed E-state index contributed by atoms with van der Waals surface area (Å²) in [6.07, 6.45) is 0.441. The summed E-state index contributed by atoms with van der Waals surface area (Å²) in [4.78, 5) is 2.52. The second-order valence-corrected chi connectivity index (χ2v) is 5.52. The van der Waals surface area contributed by atoms with E-state index in [4.69, 9.17) is 10.5 Å². The molecule has 2 rings (SSSR count). The third-order valence-corrected chi connectivity index (χ3v) is 5.24. The molecule has 2 aliphatic rings. The molecular weight excluding hydrogens is 196 g/mol. The number of methoxy groups -OCH3 is 1. The third-order valence-electron chi connectivity index (χ3n) is 3.80. The molecule has 0 bridgehead atoms. The Morgan fingerprint density at radius 3 is 2.71 bits per heavy atom. The zero-order valence-corrected chi connectivity index (χ0v) is 9.85. The van der Waals surface area contributed by atoms with Crippen molar-refractivity contribution < 1.29 is 4.74 Å². The summed E-state index contributed by atoms with van der Waals surface area (Å²) < 4.78 is 5.31. The zero-order chi connectivity index (χ0) is 10.2. The first-order valence-corrected chi connectivity index (χ1v) is 6.44. The summed E-state index contributed by atoms with van der Waals surface area (Å²) in [5, 5.41) is 0. The Bertz CT molecular complexity index is 208. The number of hydrogen-bond acceptors (Lipinski definition) is 4. The summed E-state index contributed by atoms with van der Waals surface area (Å²) in [6.45, 7) is 5.25. The molecule has 82 valence electrons. The van der Waals surface area contributed by atoms with Gasteiger partial charge in [0.1, 0.15) is 0 Å². The standard InChI is InChI=1S/C10H20N2OS/c1-8-5-14-7-10(8,6-11)12-3-9(4-12)13-2/h8-9H,3-7,11H2,1-2H3. The van der Waals surface area contributed by atoms with E-state index in [2.05, 4.69) is 11.8 Å². The normalized spacial score (nSPS) is 40.1. The SMILES string of the molecule is COC1CN(C2(CN)CSCC2C)C1. The molecule has 0 amide bonds. The van der Waals surface area contributed by atoms with Crippen molar-refractivity contribution in [3.05, 3.63) is 0 Å². The summed E-state index contributed by atoms with van der Waals surface area (Å²) in [7, 11) is 1.80. The minimum absolute atomic E-state index is 0.264. The number of hydrogen-bond donors (Lipinski definition) is 1. The van der Waals surface area contributed by atoms with Crippen LogP contribution in [0.25, 0.3) is 0 Å². The second-order valence-electron chi connectivity index (χ2n) is 4.49. The highest BCUT2D eigenvalue weighted by atomic mass is 32.2. The van der Waals surface area contributed by atoms with Gasteiger partial charge in [0.2, 0.25) is 0 Å². The summed E-state index contributed by atoms with van der Waals surface area (Å²) in [5.41, 5.74) is 6.22. The van der Waals surface area contributed by atoms with Crippen LogP contribution in [-0.2, 0) is 4.74 Å². The van der Waals surface area contributed by atoms with E-state index in [1.54, 1.807) is 7.11 Å². The fourth-order valence-electron chi connectivity index (χ4n) is 2.45. The van der Waals surface area contributed by atoms with E-state index in [1.165, 1.54) is 11.5 Å². The van der Waals surface area contributed by atoms with E-state index >= 15 is 0 Å². The van der Waals surface area contributed by atoms with Crippen LogP contribution in [0.3, 0.4) is 0 Å². The molecule has 2 atom stereocenters. The third kappa shape index (κ3) is 1.48. The van der Waals surface area contributed by atoms with Crippen molar-refractivity contribution in [2.45, 2.75) is 18.6 Å². The number of nitrogens with two attached hydrogens (primary N) is 1. The van der Waals surface area contributed by atoms with Crippen LogP contribution in [-0.4, -0.2) is 54.8 Å². The van der Waals surface area contributed by atoms with E-state index < -0.39 is 0 Å². The molecule has 2 saturated heterocycles. The van der Waals surface area contributed by atoms with Gasteiger partial charge in [-0.1, -0.05) is 6.92 Å². The minimum atomic E-state index is 0.264. The van der Waals surface area contributed by atoms with Crippen LogP contribution >= 0.6 is 11.8 Å². The smallest absolute Gasteiger partial charge is 0.0825 e. The topological polar surface area (TPSA) is 38.5 Å². The molecule has 0 aromatic heterocycles. The molecule has 0 radical (unpaired) electrons. The van der Waals surface area contributed by atoms with Gasteiger partial charge in [0.25, 0.3) is 0 Å². The highest BCUT2D eigenvalue weighted by molar-refractivity contribution is 7.99. The van der Waals surface area contributed by atoms with Crippen molar-refractivity contribution in [1.29, 1.82) is 0 Å². The Hall–Kier alpha value is 0.230. The first kappa shape index (κ1) is 10.7. The van der Waals surface area contributed by atoms with Crippen LogP contribution in [0.4, 0.5) is 0 Å². The van der Waals surface area contributed by atoms with Crippen molar-refractivity contribution in [3.8, 4) is 0 Å². The molecular formula is C10H20N2OS. The van der Waals surface area contributed by atoms with Crippen LogP contribution < -0.4 is 5.73 Å². The largest absolute Gasteiger partial charge is 0.379 e. The molecule has 4 heteroatoms. The average molecular weight is 216 g/mol. The van der Waals surface area contributed by atoms with Gasteiger partial charge in [-0.2, -0.15) is 11.8 Å². The Morgan fingerprint density at radius 1 is 1.57 bits per heavy atom. The number of thioether (sulfide) groups is 1. The molecule has 0 saturated carbocycles. The van der Waals surface area contributed by atoms with Crippen molar-refractivity contribution in [3.63, 3.8) is 0 Å². The fraction of sp³-hybridized carbons (Fsp3) is 1.00. The maximum atomic E-state index is 5.96. The van der Waals surface area contributed by atoms with Gasteiger partial charge in [0.15, 0.2) is 0 Å². The first-order chi connectivity index (χ1) is 6.73. The Balaban J connectivity index is 2.00. The molecule has 2 unspecified atom stereocenters. The van der Waals surface area contributed by atoms with Crippen LogP contribution in [0.1, 0.15) is 6.92 Å². The van der Waals surface area contributed by atoms with Gasteiger partial charge in [-0.3, -0.25) is 4.90 Å². The van der Waals surface area contributed by atoms with E-state index in [9.17, 15) is 0 Å². The zero-order valence-electron chi connectivity index (χ0n) is 9.03. The lowest BCUT2D eigenvalue weighted by Gasteiger charge is -2.51. The average Bonchev–Trinajstić information content (AvgIpc) is 2.47. The first-order valence-electron chi connectivity index (χ1n) is 5.28. The van der Waals surface area contributed by atoms with E-state index in [0.29, 0.717) is 6.10 Å². The summed E-state index contributed by atoms with van der Waals surface area (Å²) >= 11 is 2.04. The summed E-state index contributed by atoms with van der Waals surface area (Å²) in [6, 6.07) is 0. The molecule has 2 heterocycles. The highest BCUT2D eigenvalue weighted by Crippen LogP contribution is 2.40. The van der Waals surface area contributed by atoms with Crippen LogP contribution in [0.15, 0.2) is 0 Å². The number of rotatable bonds is 3. The quantitative estimate of drug-likeness (QED) is 0.741. The van der Waals surface area contributed by atoms with Gasteiger partial charge in [-0.25, -0.2) is 0 Å². The molecule has 2 aliphatic heterocycles. The maximum absolute atomic E-state index is 5.96. The minimum Gasteiger partial charge on any atom is -0.379 e. The summed E-state index contributed by atoms with van der Waals surface area (Å²) in [5.74, 6) is 3.17. The predicted molar refractivity (Wildman–Crippen MR) is 60.6 cm³/mol. The lowest BCUT2D eigenvalue weighted by molar-refractivity contribution is -0.0870. The molecule has 3 nitrogen and oxygen atoms in total. The van der Waals surface area contributed by atoms with E-state index in [-0.39, 0.29) is 5.54 Å². The van der Waals surface area contributed by atoms with Crippen molar-refractivity contribution in [2.24, 2.45) is 11.7 Å². The molecule has 0 aromatic carbocycles. The predicted octanol–water partition coefficient (Wildman–Crippen LogP) is 0.397. The van der Waals surface area contributed by atoms with Crippen LogP contribution in [0, 0.1) is 5.92 Å². The number of ether oxygens (including phenoxy) is 1. The molecule has 2 fully saturated rings. The number of nitrogens with zero attached hydrogens (tertiary/aromatic N) is 1. The lowest BCUT2D eigenvalue weighted by Crippen LogP contribution is -2.67. The Labute approximate surface area is 90.3 Å². The molecule has 2 N–H and O–H groups in total. The molecule has 0 spiro atoms. The lowest BCUT2D eigenvalue weighted by atomic mass is 9.84. The van der Waals surface area contributed by atoms with Gasteiger partial charge in [-0.15, -0.1) is 0 Å². The molecule has 0 aromatic rings. The van der Waals surface area contributed by atoms with Gasteiger partial charge in [0.05, 0.1) is 6.10 Å². The van der Waals surface area contributed by atoms with Crippen molar-refractivity contribution in [1.82, 2.24) is 4.90 Å². The molecule has 14 heavy (non-hydrogen) atoms. The Morgan fingerprint density at radius 2 is 2.29 bits per heavy atom. The van der Waals surface area contributed by atoms with Gasteiger partial charge >= 0.3 is 0 Å². The fourth-order valence-corrected chi connectivity index (χ4v) is 4.17. The van der Waals surface area contributed by atoms with Gasteiger partial charge in [0, 0.05) is 38.0 Å². The molecule has 0 aliphatic carbocycles. The Kier molecular flexibility index (Phi) is 3.07. The number of likely N-dealkylation sites (tertiary alicyclic amines) is 1. The maximum Gasteiger partial charge on any atom is 0.0825 e. The van der Waals surface area contributed by atoms with Crippen molar-refractivity contribution >= 4 is 11.8 Å². The van der Waals surface area contributed by atoms with Crippen LogP contribution in [0.5, 0.6) is 0 Å². The van der Waals surface area contributed by atoms with Crippen LogP contribution in [0.2, 0.25) is 0 Å². The van der Waals surface area contributed by atoms with E-state index in [1.807, 2.05) is 11.8 Å². The van der Waals surface area contributed by atoms with Gasteiger partial charge in [-0.05, 0) is 11.7 Å². The van der Waals surface area contributed by atoms with Crippen molar-refractivity contribution in [2.75, 3.05) is 38.2 Å². The highest BCUT2D eigenvalue weighted by Gasteiger charge is 2.49. The monoisotopic (exact) mass is 216 g/mol.